The molecule has 1 amide bonds. The van der Waals surface area contributed by atoms with Gasteiger partial charge in [-0.15, -0.1) is 0 Å². The van der Waals surface area contributed by atoms with Crippen molar-refractivity contribution in [2.45, 2.75) is 51.1 Å². The molecule has 1 atom stereocenters. The average Bonchev–Trinajstić information content (AvgIpc) is 2.99. The van der Waals surface area contributed by atoms with Crippen LogP contribution in [0.5, 0.6) is 0 Å². The van der Waals surface area contributed by atoms with Gasteiger partial charge in [0.25, 0.3) is 0 Å². The van der Waals surface area contributed by atoms with Gasteiger partial charge < -0.3 is 9.88 Å². The topological polar surface area (TPSA) is 46.9 Å². The van der Waals surface area contributed by atoms with Gasteiger partial charge in [0.1, 0.15) is 5.82 Å². The number of fused-ring (bicyclic) bond motifs is 1. The van der Waals surface area contributed by atoms with Crippen molar-refractivity contribution in [1.82, 2.24) is 14.9 Å². The quantitative estimate of drug-likeness (QED) is 0.841. The molecule has 2 aliphatic rings. The number of amides is 1. The van der Waals surface area contributed by atoms with Crippen LogP contribution in [-0.4, -0.2) is 21.5 Å². The molecule has 92 valence electrons. The molecule has 1 aromatic heterocycles. The lowest BCUT2D eigenvalue weighted by Crippen LogP contribution is -2.42. The molecule has 1 saturated carbocycles. The van der Waals surface area contributed by atoms with E-state index in [2.05, 4.69) is 14.9 Å². The maximum atomic E-state index is 12.0. The normalized spacial score (nSPS) is 24.6. The highest BCUT2D eigenvalue weighted by Crippen LogP contribution is 2.25. The fourth-order valence-electron chi connectivity index (χ4n) is 2.98. The fourth-order valence-corrected chi connectivity index (χ4v) is 2.98. The molecule has 17 heavy (non-hydrogen) atoms. The van der Waals surface area contributed by atoms with Crippen LogP contribution in [0, 0.1) is 5.92 Å². The predicted molar refractivity (Wildman–Crippen MR) is 64.4 cm³/mol. The van der Waals surface area contributed by atoms with Crippen molar-refractivity contribution in [1.29, 1.82) is 0 Å². The third kappa shape index (κ3) is 2.21. The first-order valence-electron chi connectivity index (χ1n) is 6.63. The van der Waals surface area contributed by atoms with Gasteiger partial charge in [-0.1, -0.05) is 12.8 Å². The van der Waals surface area contributed by atoms with Crippen LogP contribution < -0.4 is 5.32 Å². The van der Waals surface area contributed by atoms with E-state index in [1.54, 1.807) is 0 Å². The molecule has 1 aromatic rings. The van der Waals surface area contributed by atoms with E-state index in [4.69, 9.17) is 0 Å². The van der Waals surface area contributed by atoms with Crippen LogP contribution in [0.15, 0.2) is 12.4 Å². The van der Waals surface area contributed by atoms with Crippen LogP contribution in [0.4, 0.5) is 0 Å². The smallest absolute Gasteiger partial charge is 0.223 e. The molecule has 4 nitrogen and oxygen atoms in total. The Kier molecular flexibility index (Phi) is 2.87. The number of nitrogens with one attached hydrogen (secondary N) is 1. The first kappa shape index (κ1) is 10.8. The summed E-state index contributed by atoms with van der Waals surface area (Å²) in [5.74, 6) is 1.65. The predicted octanol–water partition coefficient (Wildman–Crippen LogP) is 1.50. The Labute approximate surface area is 101 Å². The first-order chi connectivity index (χ1) is 8.33. The van der Waals surface area contributed by atoms with E-state index in [9.17, 15) is 4.79 Å². The number of rotatable bonds is 2. The lowest BCUT2D eigenvalue weighted by molar-refractivity contribution is -0.125. The van der Waals surface area contributed by atoms with Crippen LogP contribution in [0.25, 0.3) is 0 Å². The SMILES string of the molecule is O=C(NC1CCn2ccnc2C1)C1CCCC1. The van der Waals surface area contributed by atoms with Crippen molar-refractivity contribution in [2.24, 2.45) is 5.92 Å². The van der Waals surface area contributed by atoms with Gasteiger partial charge in [0, 0.05) is 37.3 Å². The minimum Gasteiger partial charge on any atom is -0.353 e. The minimum absolute atomic E-state index is 0.271. The summed E-state index contributed by atoms with van der Waals surface area (Å²) in [4.78, 5) is 16.3. The number of hydrogen-bond donors (Lipinski definition) is 1. The van der Waals surface area contributed by atoms with Crippen LogP contribution >= 0.6 is 0 Å². The molecular formula is C13H19N3O. The molecule has 1 aliphatic heterocycles. The molecule has 1 aliphatic carbocycles. The van der Waals surface area contributed by atoms with Crippen LogP contribution in [-0.2, 0) is 17.8 Å². The number of carbonyl (C=O) groups is 1. The number of imidazole rings is 1. The zero-order valence-corrected chi connectivity index (χ0v) is 10.1. The highest BCUT2D eigenvalue weighted by molar-refractivity contribution is 5.79. The molecule has 3 rings (SSSR count). The van der Waals surface area contributed by atoms with E-state index in [-0.39, 0.29) is 17.9 Å². The second-order valence-electron chi connectivity index (χ2n) is 5.22. The summed E-state index contributed by atoms with van der Waals surface area (Å²) in [5.41, 5.74) is 0. The van der Waals surface area contributed by atoms with Gasteiger partial charge in [-0.05, 0) is 19.3 Å². The number of aromatic nitrogens is 2. The second kappa shape index (κ2) is 4.51. The van der Waals surface area contributed by atoms with Crippen molar-refractivity contribution < 1.29 is 4.79 Å². The Hall–Kier alpha value is -1.32. The van der Waals surface area contributed by atoms with Crippen molar-refractivity contribution in [2.75, 3.05) is 0 Å². The fraction of sp³-hybridized carbons (Fsp3) is 0.692. The van der Waals surface area contributed by atoms with Gasteiger partial charge >= 0.3 is 0 Å². The summed E-state index contributed by atoms with van der Waals surface area (Å²) in [6, 6.07) is 0.290. The average molecular weight is 233 g/mol. The summed E-state index contributed by atoms with van der Waals surface area (Å²) in [5, 5.41) is 3.20. The molecule has 0 saturated heterocycles. The summed E-state index contributed by atoms with van der Waals surface area (Å²) in [6.07, 6.45) is 10.4. The lowest BCUT2D eigenvalue weighted by atomic mass is 10.0. The third-order valence-electron chi connectivity index (χ3n) is 4.02. The molecule has 1 N–H and O–H groups in total. The third-order valence-corrected chi connectivity index (χ3v) is 4.02. The van der Waals surface area contributed by atoms with E-state index < -0.39 is 0 Å². The van der Waals surface area contributed by atoms with Crippen molar-refractivity contribution in [3.63, 3.8) is 0 Å². The van der Waals surface area contributed by atoms with E-state index in [1.165, 1.54) is 12.8 Å². The van der Waals surface area contributed by atoms with Gasteiger partial charge in [-0.25, -0.2) is 4.98 Å². The summed E-state index contributed by atoms with van der Waals surface area (Å²) < 4.78 is 2.18. The number of hydrogen-bond acceptors (Lipinski definition) is 2. The molecule has 1 fully saturated rings. The number of nitrogens with zero attached hydrogens (tertiary/aromatic N) is 2. The van der Waals surface area contributed by atoms with Crippen LogP contribution in [0.1, 0.15) is 37.9 Å². The molecular weight excluding hydrogens is 214 g/mol. The van der Waals surface area contributed by atoms with Gasteiger partial charge in [-0.3, -0.25) is 4.79 Å². The highest BCUT2D eigenvalue weighted by atomic mass is 16.1. The van der Waals surface area contributed by atoms with Crippen molar-refractivity contribution in [3.05, 3.63) is 18.2 Å². The zero-order chi connectivity index (χ0) is 11.7. The lowest BCUT2D eigenvalue weighted by Gasteiger charge is -2.25. The molecule has 4 heteroatoms. The highest BCUT2D eigenvalue weighted by Gasteiger charge is 2.26. The van der Waals surface area contributed by atoms with Gasteiger partial charge in [-0.2, -0.15) is 0 Å². The maximum Gasteiger partial charge on any atom is 0.223 e. The van der Waals surface area contributed by atoms with Crippen molar-refractivity contribution >= 4 is 5.91 Å². The van der Waals surface area contributed by atoms with E-state index in [1.807, 2.05) is 12.4 Å². The van der Waals surface area contributed by atoms with E-state index in [0.29, 0.717) is 0 Å². The van der Waals surface area contributed by atoms with Crippen LogP contribution in [0.2, 0.25) is 0 Å². The van der Waals surface area contributed by atoms with Gasteiger partial charge in [0.2, 0.25) is 5.91 Å². The molecule has 0 radical (unpaired) electrons. The standard InChI is InChI=1S/C13H19N3O/c17-13(10-3-1-2-4-10)15-11-5-7-16-8-6-14-12(16)9-11/h6,8,10-11H,1-5,7,9H2,(H,15,17). The van der Waals surface area contributed by atoms with Crippen molar-refractivity contribution in [3.8, 4) is 0 Å². The largest absolute Gasteiger partial charge is 0.353 e. The molecule has 1 unspecified atom stereocenters. The number of aryl methyl sites for hydroxylation is 1. The molecule has 0 spiro atoms. The van der Waals surface area contributed by atoms with E-state index >= 15 is 0 Å². The summed E-state index contributed by atoms with van der Waals surface area (Å²) >= 11 is 0. The first-order valence-corrected chi connectivity index (χ1v) is 6.63. The van der Waals surface area contributed by atoms with Gasteiger partial charge in [0.05, 0.1) is 0 Å². The molecule has 2 heterocycles. The Morgan fingerprint density at radius 3 is 3.00 bits per heavy atom. The summed E-state index contributed by atoms with van der Waals surface area (Å²) in [6.45, 7) is 0.977. The zero-order valence-electron chi connectivity index (χ0n) is 10.1. The molecule has 0 bridgehead atoms. The Morgan fingerprint density at radius 1 is 1.35 bits per heavy atom. The monoisotopic (exact) mass is 233 g/mol. The van der Waals surface area contributed by atoms with E-state index in [0.717, 1.165) is 38.1 Å². The van der Waals surface area contributed by atoms with Gasteiger partial charge in [0.15, 0.2) is 0 Å². The molecule has 0 aromatic carbocycles. The Morgan fingerprint density at radius 2 is 2.18 bits per heavy atom. The maximum absolute atomic E-state index is 12.0. The Balaban J connectivity index is 1.58. The number of carbonyl (C=O) groups excluding carboxylic acids is 1. The van der Waals surface area contributed by atoms with Crippen LogP contribution in [0.3, 0.4) is 0 Å². The summed E-state index contributed by atoms with van der Waals surface area (Å²) in [7, 11) is 0. The minimum atomic E-state index is 0.271. The Bertz CT molecular complexity index is 407. The second-order valence-corrected chi connectivity index (χ2v) is 5.22.